The Kier molecular flexibility index (Phi) is 10.7. The van der Waals surface area contributed by atoms with Crippen molar-refractivity contribution in [2.24, 2.45) is 0 Å². The number of rotatable bonds is 12. The highest BCUT2D eigenvalue weighted by molar-refractivity contribution is 7.92. The van der Waals surface area contributed by atoms with Crippen molar-refractivity contribution in [2.75, 3.05) is 24.2 Å². The Morgan fingerprint density at radius 1 is 1.13 bits per heavy atom. The summed E-state index contributed by atoms with van der Waals surface area (Å²) in [6.45, 7) is 2.00. The molecule has 208 valence electrons. The highest BCUT2D eigenvalue weighted by Crippen LogP contribution is 2.30. The second-order valence-corrected chi connectivity index (χ2v) is 12.3. The van der Waals surface area contributed by atoms with E-state index in [-0.39, 0.29) is 48.8 Å². The maximum absolute atomic E-state index is 13.4. The van der Waals surface area contributed by atoms with E-state index < -0.39 is 16.1 Å². The van der Waals surface area contributed by atoms with Crippen LogP contribution in [0.1, 0.15) is 51.0 Å². The lowest BCUT2D eigenvalue weighted by Gasteiger charge is -2.30. The van der Waals surface area contributed by atoms with Crippen LogP contribution in [0.4, 0.5) is 5.69 Å². The number of benzene rings is 2. The van der Waals surface area contributed by atoms with Gasteiger partial charge in [0.1, 0.15) is 11.8 Å². The zero-order valence-electron chi connectivity index (χ0n) is 22.0. The second kappa shape index (κ2) is 13.5. The molecule has 1 aliphatic rings. The van der Waals surface area contributed by atoms with Gasteiger partial charge in [-0.2, -0.15) is 0 Å². The van der Waals surface area contributed by atoms with Crippen LogP contribution in [0.25, 0.3) is 0 Å². The summed E-state index contributed by atoms with van der Waals surface area (Å²) in [4.78, 5) is 28.0. The van der Waals surface area contributed by atoms with E-state index in [0.29, 0.717) is 16.5 Å². The molecule has 1 saturated carbocycles. The van der Waals surface area contributed by atoms with Crippen molar-refractivity contribution in [1.29, 1.82) is 0 Å². The Hall–Kier alpha value is -2.49. The molecule has 2 amide bonds. The summed E-state index contributed by atoms with van der Waals surface area (Å²) < 4.78 is 31.4. The lowest BCUT2D eigenvalue weighted by atomic mass is 10.1. The van der Waals surface area contributed by atoms with Gasteiger partial charge in [-0.05, 0) is 62.1 Å². The first kappa shape index (κ1) is 30.1. The zero-order chi connectivity index (χ0) is 27.9. The normalized spacial score (nSPS) is 14.7. The molecule has 0 radical (unpaired) electrons. The minimum Gasteiger partial charge on any atom is -0.495 e. The van der Waals surface area contributed by atoms with Crippen LogP contribution in [0.15, 0.2) is 42.5 Å². The van der Waals surface area contributed by atoms with Gasteiger partial charge in [-0.15, -0.1) is 0 Å². The Morgan fingerprint density at radius 2 is 1.84 bits per heavy atom. The molecule has 0 bridgehead atoms. The number of carbonyl (C=O) groups is 2. The summed E-state index contributed by atoms with van der Waals surface area (Å²) in [7, 11) is -2.16. The van der Waals surface area contributed by atoms with Gasteiger partial charge < -0.3 is 15.0 Å². The third-order valence-corrected chi connectivity index (χ3v) is 8.41. The van der Waals surface area contributed by atoms with E-state index in [0.717, 1.165) is 37.5 Å². The molecule has 11 heteroatoms. The maximum Gasteiger partial charge on any atom is 0.242 e. The smallest absolute Gasteiger partial charge is 0.242 e. The predicted octanol–water partition coefficient (Wildman–Crippen LogP) is 5.02. The molecule has 0 spiro atoms. The molecule has 38 heavy (non-hydrogen) atoms. The monoisotopic (exact) mass is 583 g/mol. The first-order valence-corrected chi connectivity index (χ1v) is 15.3. The number of hydrogen-bond donors (Lipinski definition) is 1. The number of halogens is 2. The molecular weight excluding hydrogens is 549 g/mol. The highest BCUT2D eigenvalue weighted by Gasteiger charge is 2.29. The van der Waals surface area contributed by atoms with Crippen LogP contribution in [-0.4, -0.2) is 57.1 Å². The quantitative estimate of drug-likeness (QED) is 0.378. The van der Waals surface area contributed by atoms with Crippen LogP contribution < -0.4 is 14.4 Å². The number of hydrogen-bond acceptors (Lipinski definition) is 5. The first-order valence-electron chi connectivity index (χ1n) is 12.6. The van der Waals surface area contributed by atoms with E-state index in [1.807, 2.05) is 6.07 Å². The minimum absolute atomic E-state index is 0.0531. The van der Waals surface area contributed by atoms with Gasteiger partial charge in [0, 0.05) is 30.6 Å². The number of sulfonamides is 1. The number of nitrogens with one attached hydrogen (secondary N) is 1. The number of methoxy groups -OCH3 is 1. The summed E-state index contributed by atoms with van der Waals surface area (Å²) in [6, 6.07) is 11.3. The van der Waals surface area contributed by atoms with Crippen molar-refractivity contribution in [3.8, 4) is 5.75 Å². The summed E-state index contributed by atoms with van der Waals surface area (Å²) in [5.74, 6) is -0.0150. The van der Waals surface area contributed by atoms with Gasteiger partial charge in [0.05, 0.1) is 24.1 Å². The fourth-order valence-electron chi connectivity index (χ4n) is 4.62. The molecule has 1 fully saturated rings. The van der Waals surface area contributed by atoms with Gasteiger partial charge >= 0.3 is 0 Å². The highest BCUT2D eigenvalue weighted by atomic mass is 35.5. The third-order valence-electron chi connectivity index (χ3n) is 6.69. The van der Waals surface area contributed by atoms with Gasteiger partial charge in [-0.3, -0.25) is 13.9 Å². The fourth-order valence-corrected chi connectivity index (χ4v) is 6.04. The topological polar surface area (TPSA) is 96.0 Å². The Morgan fingerprint density at radius 3 is 2.45 bits per heavy atom. The van der Waals surface area contributed by atoms with Crippen LogP contribution in [-0.2, 0) is 26.2 Å². The molecule has 1 atom stereocenters. The standard InChI is InChI=1S/C27H35Cl2N3O5S/c1-19(27(34)30-22-10-4-5-11-22)31(18-20-8-6-9-21(28)16-20)26(33)12-7-15-32(38(3,35)36)23-13-14-25(37-2)24(29)17-23/h6,8-9,13-14,16-17,19,22H,4-5,7,10-12,15,18H2,1-3H3,(H,30,34)/t19-/m1/s1. The minimum atomic E-state index is -3.64. The zero-order valence-corrected chi connectivity index (χ0v) is 24.3. The Bertz CT molecular complexity index is 1230. The van der Waals surface area contributed by atoms with E-state index in [1.54, 1.807) is 37.3 Å². The second-order valence-electron chi connectivity index (χ2n) is 9.58. The molecule has 0 heterocycles. The van der Waals surface area contributed by atoms with Crippen molar-refractivity contribution in [2.45, 2.75) is 64.1 Å². The molecule has 0 aliphatic heterocycles. The number of amides is 2. The van der Waals surface area contributed by atoms with Crippen molar-refractivity contribution in [3.05, 3.63) is 58.1 Å². The molecule has 8 nitrogen and oxygen atoms in total. The fraction of sp³-hybridized carbons (Fsp3) is 0.481. The number of anilines is 1. The lowest BCUT2D eigenvalue weighted by molar-refractivity contribution is -0.141. The Balaban J connectivity index is 1.73. The third kappa shape index (κ3) is 8.25. The Labute approximate surface area is 235 Å². The summed E-state index contributed by atoms with van der Waals surface area (Å²) >= 11 is 12.4. The van der Waals surface area contributed by atoms with Crippen LogP contribution >= 0.6 is 23.2 Å². The van der Waals surface area contributed by atoms with Gasteiger partial charge in [0.25, 0.3) is 0 Å². The molecule has 0 unspecified atom stereocenters. The number of ether oxygens (including phenoxy) is 1. The van der Waals surface area contributed by atoms with E-state index in [4.69, 9.17) is 27.9 Å². The molecule has 3 rings (SSSR count). The van der Waals surface area contributed by atoms with Crippen LogP contribution in [0, 0.1) is 0 Å². The number of carbonyl (C=O) groups excluding carboxylic acids is 2. The van der Waals surface area contributed by atoms with Crippen molar-refractivity contribution in [1.82, 2.24) is 10.2 Å². The van der Waals surface area contributed by atoms with E-state index in [9.17, 15) is 18.0 Å². The number of nitrogens with zero attached hydrogens (tertiary/aromatic N) is 2. The largest absolute Gasteiger partial charge is 0.495 e. The van der Waals surface area contributed by atoms with Crippen LogP contribution in [0.3, 0.4) is 0 Å². The molecule has 2 aromatic rings. The van der Waals surface area contributed by atoms with E-state index >= 15 is 0 Å². The molecular formula is C27H35Cl2N3O5S. The predicted molar refractivity (Wildman–Crippen MR) is 151 cm³/mol. The molecule has 0 aromatic heterocycles. The molecule has 2 aromatic carbocycles. The maximum atomic E-state index is 13.4. The van der Waals surface area contributed by atoms with Gasteiger partial charge in [-0.25, -0.2) is 8.42 Å². The molecule has 0 saturated heterocycles. The van der Waals surface area contributed by atoms with Crippen LogP contribution in [0.5, 0.6) is 5.75 Å². The van der Waals surface area contributed by atoms with E-state index in [1.165, 1.54) is 22.4 Å². The summed E-state index contributed by atoms with van der Waals surface area (Å²) in [5.41, 5.74) is 1.18. The van der Waals surface area contributed by atoms with Crippen molar-refractivity contribution in [3.63, 3.8) is 0 Å². The van der Waals surface area contributed by atoms with Crippen LogP contribution in [0.2, 0.25) is 10.0 Å². The van der Waals surface area contributed by atoms with Crippen molar-refractivity contribution < 1.29 is 22.7 Å². The average molecular weight is 585 g/mol. The average Bonchev–Trinajstić information content (AvgIpc) is 3.37. The van der Waals surface area contributed by atoms with Gasteiger partial charge in [0.15, 0.2) is 0 Å². The summed E-state index contributed by atoms with van der Waals surface area (Å²) in [6.07, 6.45) is 5.46. The van der Waals surface area contributed by atoms with Crippen molar-refractivity contribution >= 4 is 50.7 Å². The molecule has 1 aliphatic carbocycles. The lowest BCUT2D eigenvalue weighted by Crippen LogP contribution is -2.49. The van der Waals surface area contributed by atoms with E-state index in [2.05, 4.69) is 5.32 Å². The molecule has 1 N–H and O–H groups in total. The first-order chi connectivity index (χ1) is 18.0. The SMILES string of the molecule is COc1ccc(N(CCCC(=O)N(Cc2cccc(Cl)c2)[C@H](C)C(=O)NC2CCCC2)S(C)(=O)=O)cc1Cl. The van der Waals surface area contributed by atoms with Gasteiger partial charge in [0.2, 0.25) is 21.8 Å². The summed E-state index contributed by atoms with van der Waals surface area (Å²) in [5, 5.41) is 3.90. The van der Waals surface area contributed by atoms with Gasteiger partial charge in [-0.1, -0.05) is 48.2 Å².